The van der Waals surface area contributed by atoms with Gasteiger partial charge in [0.1, 0.15) is 17.8 Å². The summed E-state index contributed by atoms with van der Waals surface area (Å²) in [6, 6.07) is 16.7. The zero-order valence-electron chi connectivity index (χ0n) is 12.3. The van der Waals surface area contributed by atoms with E-state index >= 15 is 0 Å². The summed E-state index contributed by atoms with van der Waals surface area (Å²) in [5.74, 6) is 1.86. The zero-order valence-corrected chi connectivity index (χ0v) is 13.1. The second-order valence-corrected chi connectivity index (χ2v) is 6.28. The third-order valence-electron chi connectivity index (χ3n) is 2.98. The van der Waals surface area contributed by atoms with E-state index in [4.69, 9.17) is 9.47 Å². The van der Waals surface area contributed by atoms with Gasteiger partial charge in [0, 0.05) is 0 Å². The van der Waals surface area contributed by atoms with E-state index in [0.29, 0.717) is 13.2 Å². The van der Waals surface area contributed by atoms with Crippen LogP contribution in [-0.2, 0) is 10.9 Å². The molecule has 0 aliphatic carbocycles. The van der Waals surface area contributed by atoms with Crippen LogP contribution >= 0.6 is 0 Å². The smallest absolute Gasteiger partial charge is 0.160 e. The van der Waals surface area contributed by atoms with Crippen LogP contribution in [0.25, 0.3) is 0 Å². The number of benzene rings is 2. The lowest BCUT2D eigenvalue weighted by Gasteiger charge is -2.06. The fourth-order valence-electron chi connectivity index (χ4n) is 1.95. The van der Waals surface area contributed by atoms with Crippen molar-refractivity contribution in [3.8, 4) is 11.5 Å². The molecule has 0 heterocycles. The molecule has 0 aromatic heterocycles. The van der Waals surface area contributed by atoms with E-state index in [2.05, 4.69) is 30.5 Å². The molecule has 0 N–H and O–H groups in total. The maximum Gasteiger partial charge on any atom is 0.160 e. The van der Waals surface area contributed by atoms with Crippen molar-refractivity contribution in [3.63, 3.8) is 0 Å². The van der Waals surface area contributed by atoms with Crippen molar-refractivity contribution in [3.05, 3.63) is 48.5 Å². The van der Waals surface area contributed by atoms with Gasteiger partial charge in [-0.15, -0.1) is 0 Å². The summed E-state index contributed by atoms with van der Waals surface area (Å²) in [6.45, 7) is 5.41. The third-order valence-corrected chi connectivity index (χ3v) is 4.94. The zero-order chi connectivity index (χ0) is 14.4. The molecule has 0 bridgehead atoms. The molecule has 0 aliphatic heterocycles. The van der Waals surface area contributed by atoms with E-state index in [-0.39, 0.29) is 10.9 Å². The Morgan fingerprint density at radius 2 is 1.05 bits per heavy atom. The second kappa shape index (κ2) is 7.25. The summed E-state index contributed by atoms with van der Waals surface area (Å²) >= 11 is 0. The van der Waals surface area contributed by atoms with Gasteiger partial charge in [0.25, 0.3) is 0 Å². The Balaban J connectivity index is 2.11. The topological polar surface area (TPSA) is 18.5 Å². The highest BCUT2D eigenvalue weighted by Gasteiger charge is 2.19. The number of hydrogen-bond donors (Lipinski definition) is 0. The van der Waals surface area contributed by atoms with Crippen LogP contribution in [0.5, 0.6) is 11.5 Å². The number of ether oxygens (including phenoxy) is 2. The minimum Gasteiger partial charge on any atom is -0.494 e. The van der Waals surface area contributed by atoms with Gasteiger partial charge in [0.15, 0.2) is 9.79 Å². The van der Waals surface area contributed by atoms with Crippen molar-refractivity contribution in [1.29, 1.82) is 0 Å². The Morgan fingerprint density at radius 1 is 0.700 bits per heavy atom. The number of rotatable bonds is 6. The van der Waals surface area contributed by atoms with Gasteiger partial charge in [0.2, 0.25) is 0 Å². The first-order chi connectivity index (χ1) is 9.74. The first-order valence-corrected chi connectivity index (χ1v) is 8.49. The Kier molecular flexibility index (Phi) is 5.36. The highest BCUT2D eigenvalue weighted by Crippen LogP contribution is 2.25. The van der Waals surface area contributed by atoms with Gasteiger partial charge in [-0.05, 0) is 62.4 Å². The van der Waals surface area contributed by atoms with E-state index in [1.165, 1.54) is 9.79 Å². The number of hydrogen-bond acceptors (Lipinski definition) is 2. The molecule has 0 aliphatic rings. The first kappa shape index (κ1) is 14.8. The fourth-order valence-corrected chi connectivity index (χ4v) is 3.31. The molecule has 3 heteroatoms. The molecule has 0 unspecified atom stereocenters. The summed E-state index contributed by atoms with van der Waals surface area (Å²) in [5, 5.41) is 0. The first-order valence-electron chi connectivity index (χ1n) is 6.86. The SMILES string of the molecule is CCOc1ccc([S+](C)c2ccc(OCC)cc2)cc1. The van der Waals surface area contributed by atoms with Crippen LogP contribution in [0.1, 0.15) is 13.8 Å². The maximum atomic E-state index is 5.48. The van der Waals surface area contributed by atoms with Crippen LogP contribution in [0.3, 0.4) is 0 Å². The van der Waals surface area contributed by atoms with Crippen LogP contribution in [0.15, 0.2) is 58.3 Å². The molecule has 20 heavy (non-hydrogen) atoms. The van der Waals surface area contributed by atoms with E-state index in [1.54, 1.807) is 0 Å². The molecule has 0 amide bonds. The van der Waals surface area contributed by atoms with E-state index in [9.17, 15) is 0 Å². The van der Waals surface area contributed by atoms with Gasteiger partial charge in [-0.2, -0.15) is 0 Å². The van der Waals surface area contributed by atoms with Crippen molar-refractivity contribution >= 4 is 10.9 Å². The lowest BCUT2D eigenvalue weighted by Crippen LogP contribution is -2.01. The Hall–Kier alpha value is -1.61. The highest BCUT2D eigenvalue weighted by molar-refractivity contribution is 7.96. The van der Waals surface area contributed by atoms with Crippen molar-refractivity contribution in [2.75, 3.05) is 19.5 Å². The molecular weight excluding hydrogens is 268 g/mol. The molecule has 0 saturated heterocycles. The normalized spacial score (nSPS) is 10.6. The molecular formula is C17H21O2S+. The minimum atomic E-state index is 0.0677. The van der Waals surface area contributed by atoms with E-state index < -0.39 is 0 Å². The predicted molar refractivity (Wildman–Crippen MR) is 85.0 cm³/mol. The summed E-state index contributed by atoms with van der Waals surface area (Å²) in [6.07, 6.45) is 2.24. The lowest BCUT2D eigenvalue weighted by atomic mass is 10.3. The van der Waals surface area contributed by atoms with Gasteiger partial charge in [-0.25, -0.2) is 0 Å². The third kappa shape index (κ3) is 3.70. The molecule has 0 atom stereocenters. The van der Waals surface area contributed by atoms with Gasteiger partial charge < -0.3 is 9.47 Å². The summed E-state index contributed by atoms with van der Waals surface area (Å²) < 4.78 is 11.0. The van der Waals surface area contributed by atoms with Crippen LogP contribution in [0.4, 0.5) is 0 Å². The summed E-state index contributed by atoms with van der Waals surface area (Å²) in [4.78, 5) is 2.63. The van der Waals surface area contributed by atoms with Crippen LogP contribution in [0, 0.1) is 0 Å². The Morgan fingerprint density at radius 3 is 1.35 bits per heavy atom. The largest absolute Gasteiger partial charge is 0.494 e. The standard InChI is InChI=1S/C17H21O2S/c1-4-18-14-6-10-16(11-7-14)20(3)17-12-8-15(9-13-17)19-5-2/h6-13H,4-5H2,1-3H3/q+1. The van der Waals surface area contributed by atoms with Gasteiger partial charge in [0.05, 0.1) is 24.1 Å². The lowest BCUT2D eigenvalue weighted by molar-refractivity contribution is 0.340. The van der Waals surface area contributed by atoms with Crippen molar-refractivity contribution in [2.45, 2.75) is 23.6 Å². The Bertz CT molecular complexity index is 470. The molecule has 2 aromatic rings. The average Bonchev–Trinajstić information content (AvgIpc) is 2.49. The van der Waals surface area contributed by atoms with E-state index in [0.717, 1.165) is 11.5 Å². The van der Waals surface area contributed by atoms with E-state index in [1.807, 2.05) is 38.1 Å². The molecule has 0 radical (unpaired) electrons. The minimum absolute atomic E-state index is 0.0677. The molecule has 2 aromatic carbocycles. The predicted octanol–water partition coefficient (Wildman–Crippen LogP) is 4.15. The van der Waals surface area contributed by atoms with Crippen LogP contribution in [0.2, 0.25) is 0 Å². The molecule has 106 valence electrons. The van der Waals surface area contributed by atoms with Crippen molar-refractivity contribution in [2.24, 2.45) is 0 Å². The molecule has 0 fully saturated rings. The van der Waals surface area contributed by atoms with Crippen molar-refractivity contribution < 1.29 is 9.47 Å². The summed E-state index contributed by atoms with van der Waals surface area (Å²) in [7, 11) is 0.0677. The average molecular weight is 289 g/mol. The second-order valence-electron chi connectivity index (χ2n) is 4.32. The molecule has 2 rings (SSSR count). The Labute approximate surface area is 124 Å². The highest BCUT2D eigenvalue weighted by atomic mass is 32.2. The van der Waals surface area contributed by atoms with Crippen molar-refractivity contribution in [1.82, 2.24) is 0 Å². The van der Waals surface area contributed by atoms with Gasteiger partial charge in [-0.1, -0.05) is 0 Å². The molecule has 0 spiro atoms. The maximum absolute atomic E-state index is 5.48. The van der Waals surface area contributed by atoms with Gasteiger partial charge >= 0.3 is 0 Å². The quantitative estimate of drug-likeness (QED) is 0.744. The molecule has 0 saturated carbocycles. The van der Waals surface area contributed by atoms with Crippen LogP contribution in [-0.4, -0.2) is 19.5 Å². The summed E-state index contributed by atoms with van der Waals surface area (Å²) in [5.41, 5.74) is 0. The fraction of sp³-hybridized carbons (Fsp3) is 0.294. The molecule has 2 nitrogen and oxygen atoms in total. The van der Waals surface area contributed by atoms with Gasteiger partial charge in [-0.3, -0.25) is 0 Å². The van der Waals surface area contributed by atoms with Crippen LogP contribution < -0.4 is 9.47 Å². The monoisotopic (exact) mass is 289 g/mol.